The van der Waals surface area contributed by atoms with E-state index in [0.717, 1.165) is 10.2 Å². The van der Waals surface area contributed by atoms with Gasteiger partial charge < -0.3 is 10.1 Å². The number of rotatable bonds is 6. The van der Waals surface area contributed by atoms with Gasteiger partial charge in [-0.05, 0) is 37.6 Å². The minimum atomic E-state index is -0.256. The average Bonchev–Trinajstić information content (AvgIpc) is 2.32. The molecule has 0 aromatic heterocycles. The van der Waals surface area contributed by atoms with Crippen molar-refractivity contribution in [3.05, 3.63) is 28.7 Å². The smallest absolute Gasteiger partial charge is 0.305 e. The number of hydrogen-bond donors (Lipinski definition) is 1. The van der Waals surface area contributed by atoms with Crippen LogP contribution in [0.5, 0.6) is 0 Å². The second-order valence-electron chi connectivity index (χ2n) is 3.71. The van der Waals surface area contributed by atoms with Crippen LogP contribution in [0.25, 0.3) is 0 Å². The van der Waals surface area contributed by atoms with Crippen LogP contribution < -0.4 is 5.32 Å². The van der Waals surface area contributed by atoms with Crippen molar-refractivity contribution >= 4 is 33.5 Å². The molecule has 0 spiro atoms. The van der Waals surface area contributed by atoms with Crippen LogP contribution in [0.3, 0.4) is 0 Å². The highest BCUT2D eigenvalue weighted by Crippen LogP contribution is 2.14. The van der Waals surface area contributed by atoms with Crippen molar-refractivity contribution in [2.45, 2.75) is 26.2 Å². The fraction of sp³-hybridized carbons (Fsp3) is 0.385. The second-order valence-corrected chi connectivity index (χ2v) is 4.63. The first-order valence-electron chi connectivity index (χ1n) is 5.83. The minimum Gasteiger partial charge on any atom is -0.466 e. The van der Waals surface area contributed by atoms with Crippen LogP contribution in [0.4, 0.5) is 5.69 Å². The number of hydrogen-bond acceptors (Lipinski definition) is 3. The number of carbonyl (C=O) groups excluding carboxylic acids is 2. The summed E-state index contributed by atoms with van der Waals surface area (Å²) in [6.45, 7) is 2.14. The number of ether oxygens (including phenoxy) is 1. The van der Waals surface area contributed by atoms with Crippen LogP contribution >= 0.6 is 15.9 Å². The zero-order valence-corrected chi connectivity index (χ0v) is 11.8. The molecule has 0 bridgehead atoms. The predicted octanol–water partition coefficient (Wildman–Crippen LogP) is 3.12. The number of anilines is 1. The van der Waals surface area contributed by atoms with Crippen LogP contribution in [-0.2, 0) is 14.3 Å². The fourth-order valence-corrected chi connectivity index (χ4v) is 1.65. The third kappa shape index (κ3) is 5.82. The van der Waals surface area contributed by atoms with Gasteiger partial charge in [0.05, 0.1) is 6.61 Å². The lowest BCUT2D eigenvalue weighted by Gasteiger charge is -2.05. The Morgan fingerprint density at radius 1 is 1.22 bits per heavy atom. The molecule has 0 fully saturated rings. The third-order valence-corrected chi connectivity index (χ3v) is 2.75. The van der Waals surface area contributed by atoms with Crippen molar-refractivity contribution in [2.75, 3.05) is 11.9 Å². The van der Waals surface area contributed by atoms with Crippen LogP contribution in [0.2, 0.25) is 0 Å². The minimum absolute atomic E-state index is 0.0957. The lowest BCUT2D eigenvalue weighted by molar-refractivity contribution is -0.143. The molecule has 0 aliphatic rings. The molecule has 0 radical (unpaired) electrons. The van der Waals surface area contributed by atoms with E-state index in [0.29, 0.717) is 19.4 Å². The molecule has 1 aromatic carbocycles. The van der Waals surface area contributed by atoms with E-state index in [1.54, 1.807) is 6.92 Å². The molecule has 98 valence electrons. The highest BCUT2D eigenvalue weighted by molar-refractivity contribution is 9.10. The van der Waals surface area contributed by atoms with Gasteiger partial charge in [-0.15, -0.1) is 0 Å². The highest BCUT2D eigenvalue weighted by Gasteiger charge is 2.06. The molecule has 0 aliphatic heterocycles. The summed E-state index contributed by atoms with van der Waals surface area (Å²) < 4.78 is 5.74. The second kappa shape index (κ2) is 7.87. The van der Waals surface area contributed by atoms with Crippen molar-refractivity contribution in [1.29, 1.82) is 0 Å². The molecule has 1 N–H and O–H groups in total. The lowest BCUT2D eigenvalue weighted by atomic mass is 10.2. The van der Waals surface area contributed by atoms with Gasteiger partial charge in [0.2, 0.25) is 5.91 Å². The standard InChI is InChI=1S/C13H16BrNO3/c1-2-18-13(17)5-3-4-12(16)15-11-8-6-10(14)7-9-11/h6-9H,2-5H2,1H3,(H,15,16). The average molecular weight is 314 g/mol. The Bertz CT molecular complexity index is 403. The predicted molar refractivity (Wildman–Crippen MR) is 73.3 cm³/mol. The molecule has 0 saturated heterocycles. The number of esters is 1. The molecule has 0 unspecified atom stereocenters. The van der Waals surface area contributed by atoms with E-state index >= 15 is 0 Å². The first-order chi connectivity index (χ1) is 8.61. The zero-order valence-electron chi connectivity index (χ0n) is 10.2. The van der Waals surface area contributed by atoms with Crippen LogP contribution in [0.1, 0.15) is 26.2 Å². The Kier molecular flexibility index (Phi) is 6.43. The van der Waals surface area contributed by atoms with E-state index in [9.17, 15) is 9.59 Å². The Hall–Kier alpha value is -1.36. The molecule has 0 saturated carbocycles. The molecular formula is C13H16BrNO3. The molecule has 0 heterocycles. The largest absolute Gasteiger partial charge is 0.466 e. The van der Waals surface area contributed by atoms with E-state index in [4.69, 9.17) is 4.74 Å². The van der Waals surface area contributed by atoms with E-state index in [1.807, 2.05) is 24.3 Å². The first-order valence-corrected chi connectivity index (χ1v) is 6.62. The van der Waals surface area contributed by atoms with E-state index in [-0.39, 0.29) is 18.3 Å². The van der Waals surface area contributed by atoms with Crippen molar-refractivity contribution in [3.8, 4) is 0 Å². The zero-order chi connectivity index (χ0) is 13.4. The molecule has 4 nitrogen and oxygen atoms in total. The van der Waals surface area contributed by atoms with Crippen LogP contribution in [0, 0.1) is 0 Å². The quantitative estimate of drug-likeness (QED) is 0.821. The van der Waals surface area contributed by atoms with Crippen LogP contribution in [-0.4, -0.2) is 18.5 Å². The van der Waals surface area contributed by atoms with Crippen molar-refractivity contribution in [3.63, 3.8) is 0 Å². The normalized spacial score (nSPS) is 9.89. The van der Waals surface area contributed by atoms with E-state index < -0.39 is 0 Å². The van der Waals surface area contributed by atoms with Gasteiger partial charge in [0, 0.05) is 23.0 Å². The van der Waals surface area contributed by atoms with Crippen LogP contribution in [0.15, 0.2) is 28.7 Å². The Morgan fingerprint density at radius 3 is 2.50 bits per heavy atom. The molecule has 1 aromatic rings. The number of benzene rings is 1. The first kappa shape index (κ1) is 14.7. The third-order valence-electron chi connectivity index (χ3n) is 2.22. The summed E-state index contributed by atoms with van der Waals surface area (Å²) in [5.74, 6) is -0.351. The van der Waals surface area contributed by atoms with Crippen molar-refractivity contribution in [2.24, 2.45) is 0 Å². The molecule has 1 rings (SSSR count). The SMILES string of the molecule is CCOC(=O)CCCC(=O)Nc1ccc(Br)cc1. The maximum absolute atomic E-state index is 11.6. The van der Waals surface area contributed by atoms with Gasteiger partial charge in [-0.1, -0.05) is 15.9 Å². The van der Waals surface area contributed by atoms with Gasteiger partial charge >= 0.3 is 5.97 Å². The Labute approximate surface area is 115 Å². The van der Waals surface area contributed by atoms with Gasteiger partial charge in [-0.3, -0.25) is 9.59 Å². The van der Waals surface area contributed by atoms with Gasteiger partial charge in [-0.25, -0.2) is 0 Å². The maximum Gasteiger partial charge on any atom is 0.305 e. The monoisotopic (exact) mass is 313 g/mol. The van der Waals surface area contributed by atoms with E-state index in [1.165, 1.54) is 0 Å². The van der Waals surface area contributed by atoms with Gasteiger partial charge in [0.1, 0.15) is 0 Å². The number of amides is 1. The molecule has 1 amide bonds. The maximum atomic E-state index is 11.6. The summed E-state index contributed by atoms with van der Waals surface area (Å²) in [4.78, 5) is 22.6. The van der Waals surface area contributed by atoms with E-state index in [2.05, 4.69) is 21.2 Å². The number of nitrogens with one attached hydrogen (secondary N) is 1. The number of carbonyl (C=O) groups is 2. The molecule has 0 atom stereocenters. The summed E-state index contributed by atoms with van der Waals surface area (Å²) in [7, 11) is 0. The molecule has 5 heteroatoms. The van der Waals surface area contributed by atoms with Gasteiger partial charge in [0.25, 0.3) is 0 Å². The summed E-state index contributed by atoms with van der Waals surface area (Å²) in [6, 6.07) is 7.34. The molecule has 0 aliphatic carbocycles. The topological polar surface area (TPSA) is 55.4 Å². The van der Waals surface area contributed by atoms with Gasteiger partial charge in [-0.2, -0.15) is 0 Å². The summed E-state index contributed by atoms with van der Waals surface area (Å²) in [5.41, 5.74) is 0.749. The summed E-state index contributed by atoms with van der Waals surface area (Å²) >= 11 is 3.32. The highest BCUT2D eigenvalue weighted by atomic mass is 79.9. The Morgan fingerprint density at radius 2 is 1.89 bits per heavy atom. The molecule has 18 heavy (non-hydrogen) atoms. The van der Waals surface area contributed by atoms with Crippen molar-refractivity contribution < 1.29 is 14.3 Å². The number of halogens is 1. The lowest BCUT2D eigenvalue weighted by Crippen LogP contribution is -2.12. The summed E-state index contributed by atoms with van der Waals surface area (Å²) in [5, 5.41) is 2.76. The molecular weight excluding hydrogens is 298 g/mol. The van der Waals surface area contributed by atoms with Gasteiger partial charge in [0.15, 0.2) is 0 Å². The Balaban J connectivity index is 2.25. The summed E-state index contributed by atoms with van der Waals surface area (Å²) in [6.07, 6.45) is 1.09. The van der Waals surface area contributed by atoms with Crippen molar-refractivity contribution in [1.82, 2.24) is 0 Å². The fourth-order valence-electron chi connectivity index (χ4n) is 1.38.